The zero-order valence-electron chi connectivity index (χ0n) is 15.8. The van der Waals surface area contributed by atoms with Crippen molar-refractivity contribution < 1.29 is 9.53 Å². The van der Waals surface area contributed by atoms with Gasteiger partial charge in [0.2, 0.25) is 5.91 Å². The Hall–Kier alpha value is -2.29. The highest BCUT2D eigenvalue weighted by Crippen LogP contribution is 2.39. The van der Waals surface area contributed by atoms with Crippen molar-refractivity contribution in [2.24, 2.45) is 0 Å². The van der Waals surface area contributed by atoms with Gasteiger partial charge in [0, 0.05) is 12.0 Å². The van der Waals surface area contributed by atoms with E-state index in [4.69, 9.17) is 4.74 Å². The van der Waals surface area contributed by atoms with Crippen molar-refractivity contribution in [3.05, 3.63) is 64.2 Å². The van der Waals surface area contributed by atoms with Gasteiger partial charge in [-0.05, 0) is 57.4 Å². The van der Waals surface area contributed by atoms with E-state index in [2.05, 4.69) is 58.1 Å². The second-order valence-electron chi connectivity index (χ2n) is 7.82. The van der Waals surface area contributed by atoms with Gasteiger partial charge in [-0.3, -0.25) is 4.79 Å². The Morgan fingerprint density at radius 2 is 1.88 bits per heavy atom. The lowest BCUT2D eigenvalue weighted by molar-refractivity contribution is -0.121. The van der Waals surface area contributed by atoms with Gasteiger partial charge in [0.15, 0.2) is 0 Å². The van der Waals surface area contributed by atoms with Crippen LogP contribution in [0.1, 0.15) is 54.1 Å². The summed E-state index contributed by atoms with van der Waals surface area (Å²) in [4.78, 5) is 12.6. The summed E-state index contributed by atoms with van der Waals surface area (Å²) >= 11 is 0. The fourth-order valence-corrected chi connectivity index (χ4v) is 3.45. The van der Waals surface area contributed by atoms with Crippen LogP contribution in [0.4, 0.5) is 0 Å². The largest absolute Gasteiger partial charge is 0.487 e. The molecule has 2 aromatic rings. The molecule has 1 atom stereocenters. The van der Waals surface area contributed by atoms with Crippen LogP contribution < -0.4 is 10.1 Å². The number of fused-ring (bicyclic) bond motifs is 1. The van der Waals surface area contributed by atoms with Crippen molar-refractivity contribution in [2.45, 2.75) is 59.1 Å². The van der Waals surface area contributed by atoms with Crippen molar-refractivity contribution in [3.63, 3.8) is 0 Å². The standard InChI is InChI=1S/C22H27NO2/c1-14-6-9-20-18(10-14)19(13-22(4,5)25-20)23-21(24)12-17-8-7-15(2)16(3)11-17/h6-11,19H,12-13H2,1-5H3,(H,23,24)/t19-/m1/s1. The van der Waals surface area contributed by atoms with E-state index in [0.29, 0.717) is 6.42 Å². The molecule has 0 spiro atoms. The summed E-state index contributed by atoms with van der Waals surface area (Å²) in [6.45, 7) is 10.4. The molecule has 0 fully saturated rings. The minimum atomic E-state index is -0.291. The van der Waals surface area contributed by atoms with Gasteiger partial charge in [0.25, 0.3) is 0 Å². The summed E-state index contributed by atoms with van der Waals surface area (Å²) in [6.07, 6.45) is 1.17. The molecule has 0 aliphatic carbocycles. The fraction of sp³-hybridized carbons (Fsp3) is 0.409. The van der Waals surface area contributed by atoms with Gasteiger partial charge in [0.1, 0.15) is 11.4 Å². The van der Waals surface area contributed by atoms with Crippen LogP contribution in [0.5, 0.6) is 5.75 Å². The normalized spacial score (nSPS) is 18.2. The lowest BCUT2D eigenvalue weighted by Gasteiger charge is -2.38. The van der Waals surface area contributed by atoms with Gasteiger partial charge in [-0.25, -0.2) is 0 Å². The molecule has 1 aliphatic heterocycles. The lowest BCUT2D eigenvalue weighted by atomic mass is 9.88. The molecule has 0 radical (unpaired) electrons. The molecule has 0 aromatic heterocycles. The molecule has 0 bridgehead atoms. The zero-order valence-corrected chi connectivity index (χ0v) is 15.8. The van der Waals surface area contributed by atoms with Crippen LogP contribution in [0.2, 0.25) is 0 Å². The Labute approximate surface area is 150 Å². The Morgan fingerprint density at radius 1 is 1.12 bits per heavy atom. The summed E-state index contributed by atoms with van der Waals surface area (Å²) < 4.78 is 6.08. The first-order valence-electron chi connectivity index (χ1n) is 8.88. The van der Waals surface area contributed by atoms with E-state index in [1.165, 1.54) is 16.7 Å². The fourth-order valence-electron chi connectivity index (χ4n) is 3.45. The van der Waals surface area contributed by atoms with Crippen molar-refractivity contribution >= 4 is 5.91 Å². The van der Waals surface area contributed by atoms with E-state index in [-0.39, 0.29) is 17.6 Å². The highest BCUT2D eigenvalue weighted by molar-refractivity contribution is 5.79. The average Bonchev–Trinajstić information content (AvgIpc) is 2.51. The van der Waals surface area contributed by atoms with Gasteiger partial charge in [-0.1, -0.05) is 35.9 Å². The Bertz CT molecular complexity index is 808. The van der Waals surface area contributed by atoms with Crippen molar-refractivity contribution in [2.75, 3.05) is 0 Å². The lowest BCUT2D eigenvalue weighted by Crippen LogP contribution is -2.41. The number of hydrogen-bond acceptors (Lipinski definition) is 2. The molecular weight excluding hydrogens is 310 g/mol. The number of carbonyl (C=O) groups is 1. The average molecular weight is 337 g/mol. The molecule has 25 heavy (non-hydrogen) atoms. The minimum Gasteiger partial charge on any atom is -0.487 e. The molecule has 0 saturated carbocycles. The first kappa shape index (κ1) is 17.5. The van der Waals surface area contributed by atoms with Crippen molar-refractivity contribution in [3.8, 4) is 5.75 Å². The molecule has 1 amide bonds. The highest BCUT2D eigenvalue weighted by atomic mass is 16.5. The van der Waals surface area contributed by atoms with Crippen LogP contribution in [0, 0.1) is 20.8 Å². The molecular formula is C22H27NO2. The second kappa shape index (κ2) is 6.55. The molecule has 0 unspecified atom stereocenters. The van der Waals surface area contributed by atoms with Crippen LogP contribution in [-0.4, -0.2) is 11.5 Å². The topological polar surface area (TPSA) is 38.3 Å². The van der Waals surface area contributed by atoms with Gasteiger partial charge in [-0.2, -0.15) is 0 Å². The Morgan fingerprint density at radius 3 is 2.60 bits per heavy atom. The molecule has 1 heterocycles. The van der Waals surface area contributed by atoms with Crippen molar-refractivity contribution in [1.29, 1.82) is 0 Å². The third-order valence-corrected chi connectivity index (χ3v) is 4.89. The number of aryl methyl sites for hydroxylation is 3. The van der Waals surface area contributed by atoms with E-state index >= 15 is 0 Å². The predicted molar refractivity (Wildman–Crippen MR) is 101 cm³/mol. The molecule has 2 aromatic carbocycles. The number of benzene rings is 2. The molecule has 3 heteroatoms. The van der Waals surface area contributed by atoms with E-state index in [1.54, 1.807) is 0 Å². The SMILES string of the molecule is Cc1ccc2c(c1)[C@H](NC(=O)Cc1ccc(C)c(C)c1)CC(C)(C)O2. The second-order valence-corrected chi connectivity index (χ2v) is 7.82. The molecule has 1 N–H and O–H groups in total. The monoisotopic (exact) mass is 337 g/mol. The van der Waals surface area contributed by atoms with Crippen molar-refractivity contribution in [1.82, 2.24) is 5.32 Å². The number of rotatable bonds is 3. The van der Waals surface area contributed by atoms with Gasteiger partial charge >= 0.3 is 0 Å². The van der Waals surface area contributed by atoms with Crippen LogP contribution in [-0.2, 0) is 11.2 Å². The summed E-state index contributed by atoms with van der Waals surface area (Å²) in [5.74, 6) is 0.928. The summed E-state index contributed by atoms with van der Waals surface area (Å²) in [7, 11) is 0. The minimum absolute atomic E-state index is 0.0160. The van der Waals surface area contributed by atoms with Crippen LogP contribution >= 0.6 is 0 Å². The van der Waals surface area contributed by atoms with E-state index in [1.807, 2.05) is 18.2 Å². The molecule has 0 saturated heterocycles. The highest BCUT2D eigenvalue weighted by Gasteiger charge is 2.34. The number of ether oxygens (including phenoxy) is 1. The van der Waals surface area contributed by atoms with E-state index in [9.17, 15) is 4.79 Å². The third-order valence-electron chi connectivity index (χ3n) is 4.89. The number of nitrogens with one attached hydrogen (secondary N) is 1. The maximum atomic E-state index is 12.6. The quantitative estimate of drug-likeness (QED) is 0.891. The Balaban J connectivity index is 1.78. The number of hydrogen-bond donors (Lipinski definition) is 1. The van der Waals surface area contributed by atoms with Gasteiger partial charge in [-0.15, -0.1) is 0 Å². The maximum Gasteiger partial charge on any atom is 0.224 e. The molecule has 1 aliphatic rings. The predicted octanol–water partition coefficient (Wildman–Crippen LogP) is 4.57. The third kappa shape index (κ3) is 4.04. The summed E-state index contributed by atoms with van der Waals surface area (Å²) in [6, 6.07) is 12.4. The number of carbonyl (C=O) groups excluding carboxylic acids is 1. The molecule has 3 rings (SSSR count). The van der Waals surface area contributed by atoms with E-state index in [0.717, 1.165) is 23.3 Å². The molecule has 3 nitrogen and oxygen atoms in total. The maximum absolute atomic E-state index is 12.6. The van der Waals surface area contributed by atoms with Gasteiger partial charge < -0.3 is 10.1 Å². The summed E-state index contributed by atoms with van der Waals surface area (Å²) in [5, 5.41) is 3.22. The Kier molecular flexibility index (Phi) is 4.59. The molecule has 132 valence electrons. The number of amides is 1. The van der Waals surface area contributed by atoms with E-state index < -0.39 is 0 Å². The van der Waals surface area contributed by atoms with Crippen LogP contribution in [0.15, 0.2) is 36.4 Å². The first-order chi connectivity index (χ1) is 11.7. The first-order valence-corrected chi connectivity index (χ1v) is 8.88. The zero-order chi connectivity index (χ0) is 18.2. The van der Waals surface area contributed by atoms with Crippen LogP contribution in [0.25, 0.3) is 0 Å². The summed E-state index contributed by atoms with van der Waals surface area (Å²) in [5.41, 5.74) is 5.48. The smallest absolute Gasteiger partial charge is 0.224 e. The van der Waals surface area contributed by atoms with Gasteiger partial charge in [0.05, 0.1) is 12.5 Å². The van der Waals surface area contributed by atoms with Crippen LogP contribution in [0.3, 0.4) is 0 Å².